The number of hydrogen-bond acceptors (Lipinski definition) is 3. The molecule has 1 saturated carbocycles. The molecule has 0 amide bonds. The van der Waals surface area contributed by atoms with Crippen LogP contribution < -0.4 is 5.32 Å². The number of likely N-dealkylation sites (N-methyl/N-ethyl adjacent to an activating group) is 1. The van der Waals surface area contributed by atoms with Crippen molar-refractivity contribution in [1.29, 1.82) is 0 Å². The molecule has 1 N–H and O–H groups in total. The minimum absolute atomic E-state index is 0.331. The summed E-state index contributed by atoms with van der Waals surface area (Å²) in [4.78, 5) is 5.21. The Morgan fingerprint density at radius 3 is 2.53 bits per heavy atom. The van der Waals surface area contributed by atoms with Crippen molar-refractivity contribution in [3.05, 3.63) is 0 Å². The van der Waals surface area contributed by atoms with Crippen molar-refractivity contribution in [3.8, 4) is 0 Å². The lowest BCUT2D eigenvalue weighted by atomic mass is 9.92. The summed E-state index contributed by atoms with van der Waals surface area (Å²) in [5.74, 6) is 0.853. The van der Waals surface area contributed by atoms with Gasteiger partial charge in [-0.3, -0.25) is 9.80 Å². The molecule has 112 valence electrons. The van der Waals surface area contributed by atoms with Crippen molar-refractivity contribution in [3.63, 3.8) is 0 Å². The van der Waals surface area contributed by atoms with Crippen LogP contribution in [0.2, 0.25) is 0 Å². The molecule has 1 heterocycles. The summed E-state index contributed by atoms with van der Waals surface area (Å²) in [6.07, 6.45) is 7.07. The van der Waals surface area contributed by atoms with Crippen LogP contribution in [0, 0.1) is 5.92 Å². The fraction of sp³-hybridized carbons (Fsp3) is 1.00. The Labute approximate surface area is 119 Å². The number of rotatable bonds is 3. The van der Waals surface area contributed by atoms with E-state index in [4.69, 9.17) is 0 Å². The summed E-state index contributed by atoms with van der Waals surface area (Å²) >= 11 is 0. The molecule has 0 bridgehead atoms. The molecule has 3 heteroatoms. The predicted octanol–water partition coefficient (Wildman–Crippen LogP) is 2.18. The Bertz CT molecular complexity index is 277. The van der Waals surface area contributed by atoms with Crippen molar-refractivity contribution in [1.82, 2.24) is 15.1 Å². The van der Waals surface area contributed by atoms with Crippen LogP contribution in [0.15, 0.2) is 0 Å². The average molecular weight is 267 g/mol. The van der Waals surface area contributed by atoms with Gasteiger partial charge >= 0.3 is 0 Å². The molecule has 2 unspecified atom stereocenters. The van der Waals surface area contributed by atoms with Crippen LogP contribution in [-0.2, 0) is 0 Å². The monoisotopic (exact) mass is 267 g/mol. The molecule has 2 fully saturated rings. The normalized spacial score (nSPS) is 34.1. The van der Waals surface area contributed by atoms with E-state index in [1.165, 1.54) is 58.3 Å². The van der Waals surface area contributed by atoms with Gasteiger partial charge in [-0.1, -0.05) is 19.3 Å². The maximum atomic E-state index is 3.58. The molecule has 0 aromatic rings. The second-order valence-electron chi connectivity index (χ2n) is 7.26. The Kier molecular flexibility index (Phi) is 5.27. The van der Waals surface area contributed by atoms with E-state index in [2.05, 4.69) is 43.1 Å². The van der Waals surface area contributed by atoms with Crippen LogP contribution in [0.3, 0.4) is 0 Å². The molecule has 19 heavy (non-hydrogen) atoms. The molecule has 2 aliphatic rings. The molecule has 3 nitrogen and oxygen atoms in total. The molecular formula is C16H33N3. The van der Waals surface area contributed by atoms with Gasteiger partial charge in [-0.15, -0.1) is 0 Å². The summed E-state index contributed by atoms with van der Waals surface area (Å²) in [7, 11) is 4.41. The van der Waals surface area contributed by atoms with E-state index in [-0.39, 0.29) is 0 Å². The Hall–Kier alpha value is -0.120. The van der Waals surface area contributed by atoms with E-state index in [0.29, 0.717) is 5.54 Å². The highest BCUT2D eigenvalue weighted by Crippen LogP contribution is 2.26. The van der Waals surface area contributed by atoms with Crippen molar-refractivity contribution in [2.24, 2.45) is 5.92 Å². The second kappa shape index (κ2) is 6.55. The maximum absolute atomic E-state index is 3.58. The van der Waals surface area contributed by atoms with Gasteiger partial charge in [0, 0.05) is 37.8 Å². The van der Waals surface area contributed by atoms with Crippen LogP contribution in [-0.4, -0.2) is 61.7 Å². The third kappa shape index (κ3) is 3.93. The first-order valence-electron chi connectivity index (χ1n) is 8.14. The van der Waals surface area contributed by atoms with E-state index in [1.807, 2.05) is 0 Å². The largest absolute Gasteiger partial charge is 0.317 e. The van der Waals surface area contributed by atoms with Gasteiger partial charge in [0.05, 0.1) is 0 Å². The molecule has 0 aromatic carbocycles. The minimum atomic E-state index is 0.331. The number of nitrogens with zero attached hydrogens (tertiary/aromatic N) is 2. The first-order chi connectivity index (χ1) is 9.03. The number of nitrogens with one attached hydrogen (secondary N) is 1. The molecule has 0 spiro atoms. The van der Waals surface area contributed by atoms with E-state index in [0.717, 1.165) is 12.0 Å². The van der Waals surface area contributed by atoms with E-state index in [9.17, 15) is 0 Å². The highest BCUT2D eigenvalue weighted by molar-refractivity contribution is 4.90. The van der Waals surface area contributed by atoms with E-state index in [1.54, 1.807) is 0 Å². The minimum Gasteiger partial charge on any atom is -0.317 e. The number of hydrogen-bond donors (Lipinski definition) is 1. The fourth-order valence-corrected chi connectivity index (χ4v) is 3.81. The molecule has 0 aromatic heterocycles. The van der Waals surface area contributed by atoms with Gasteiger partial charge in [0.2, 0.25) is 0 Å². The lowest BCUT2D eigenvalue weighted by molar-refractivity contribution is 0.0283. The third-order valence-electron chi connectivity index (χ3n) is 5.42. The highest BCUT2D eigenvalue weighted by atomic mass is 15.3. The van der Waals surface area contributed by atoms with Crippen molar-refractivity contribution >= 4 is 0 Å². The van der Waals surface area contributed by atoms with Crippen LogP contribution in [0.4, 0.5) is 0 Å². The van der Waals surface area contributed by atoms with E-state index >= 15 is 0 Å². The summed E-state index contributed by atoms with van der Waals surface area (Å²) in [6, 6.07) is 0.741. The van der Waals surface area contributed by atoms with Gasteiger partial charge in [0.25, 0.3) is 0 Å². The molecule has 1 aliphatic carbocycles. The molecule has 2 atom stereocenters. The Morgan fingerprint density at radius 2 is 1.84 bits per heavy atom. The zero-order valence-corrected chi connectivity index (χ0v) is 13.4. The Morgan fingerprint density at radius 1 is 1.11 bits per heavy atom. The molecule has 2 rings (SSSR count). The predicted molar refractivity (Wildman–Crippen MR) is 82.6 cm³/mol. The lowest BCUT2D eigenvalue weighted by Crippen LogP contribution is -2.58. The molecular weight excluding hydrogens is 234 g/mol. The van der Waals surface area contributed by atoms with Crippen LogP contribution in [0.5, 0.6) is 0 Å². The standard InChI is InChI=1S/C16H33N3/c1-16(2)13-19(11-10-18(16)4)12-14-8-6-5-7-9-15(14)17-3/h14-15,17H,5-13H2,1-4H3. The maximum Gasteiger partial charge on any atom is 0.0277 e. The van der Waals surface area contributed by atoms with Gasteiger partial charge < -0.3 is 5.32 Å². The van der Waals surface area contributed by atoms with Gasteiger partial charge in [0.1, 0.15) is 0 Å². The Balaban J connectivity index is 1.92. The van der Waals surface area contributed by atoms with Crippen LogP contribution >= 0.6 is 0 Å². The van der Waals surface area contributed by atoms with Crippen molar-refractivity contribution in [2.45, 2.75) is 57.5 Å². The summed E-state index contributed by atoms with van der Waals surface area (Å²) in [5.41, 5.74) is 0.331. The van der Waals surface area contributed by atoms with Gasteiger partial charge in [-0.2, -0.15) is 0 Å². The zero-order chi connectivity index (χ0) is 13.9. The van der Waals surface area contributed by atoms with E-state index < -0.39 is 0 Å². The summed E-state index contributed by atoms with van der Waals surface area (Å²) < 4.78 is 0. The summed E-state index contributed by atoms with van der Waals surface area (Å²) in [6.45, 7) is 9.72. The first-order valence-corrected chi connectivity index (χ1v) is 8.14. The molecule has 1 aliphatic heterocycles. The average Bonchev–Trinajstić information content (AvgIpc) is 2.58. The van der Waals surface area contributed by atoms with Crippen molar-refractivity contribution < 1.29 is 0 Å². The topological polar surface area (TPSA) is 18.5 Å². The SMILES string of the molecule is CNC1CCCCCC1CN1CCN(C)C(C)(C)C1. The molecule has 1 saturated heterocycles. The van der Waals surface area contributed by atoms with Crippen LogP contribution in [0.25, 0.3) is 0 Å². The zero-order valence-electron chi connectivity index (χ0n) is 13.4. The lowest BCUT2D eigenvalue weighted by Gasteiger charge is -2.46. The van der Waals surface area contributed by atoms with Crippen molar-refractivity contribution in [2.75, 3.05) is 40.3 Å². The molecule has 0 radical (unpaired) electrons. The van der Waals surface area contributed by atoms with Gasteiger partial charge in [-0.25, -0.2) is 0 Å². The summed E-state index contributed by atoms with van der Waals surface area (Å²) in [5, 5.41) is 3.58. The quantitative estimate of drug-likeness (QED) is 0.791. The second-order valence-corrected chi connectivity index (χ2v) is 7.26. The first kappa shape index (κ1) is 15.3. The highest BCUT2D eigenvalue weighted by Gasteiger charge is 2.33. The smallest absolute Gasteiger partial charge is 0.0277 e. The fourth-order valence-electron chi connectivity index (χ4n) is 3.81. The van der Waals surface area contributed by atoms with Gasteiger partial charge in [0.15, 0.2) is 0 Å². The third-order valence-corrected chi connectivity index (χ3v) is 5.42. The van der Waals surface area contributed by atoms with Crippen LogP contribution in [0.1, 0.15) is 46.0 Å². The number of piperazine rings is 1. The van der Waals surface area contributed by atoms with Gasteiger partial charge in [-0.05, 0) is 46.7 Å².